The Morgan fingerprint density at radius 2 is 1.71 bits per heavy atom. The molecule has 2 amide bonds. The van der Waals surface area contributed by atoms with E-state index >= 15 is 0 Å². The Hall–Kier alpha value is -3.84. The van der Waals surface area contributed by atoms with E-state index in [1.165, 1.54) is 0 Å². The second-order valence-electron chi connectivity index (χ2n) is 10.0. The molecule has 0 unspecified atom stereocenters. The summed E-state index contributed by atoms with van der Waals surface area (Å²) in [5, 5.41) is 7.96. The number of rotatable bonds is 6. The molecule has 1 aliphatic heterocycles. The van der Waals surface area contributed by atoms with Crippen LogP contribution in [0.4, 0.5) is 5.82 Å². The van der Waals surface area contributed by atoms with Gasteiger partial charge in [-0.05, 0) is 51.0 Å². The summed E-state index contributed by atoms with van der Waals surface area (Å²) in [6.07, 6.45) is 0. The Bertz CT molecular complexity index is 1480. The second-order valence-corrected chi connectivity index (χ2v) is 11.1. The van der Waals surface area contributed by atoms with Crippen molar-refractivity contribution in [2.24, 2.45) is 0 Å². The molecule has 1 N–H and O–H groups in total. The first-order chi connectivity index (χ1) is 18.3. The summed E-state index contributed by atoms with van der Waals surface area (Å²) in [4.78, 5) is 28.4. The van der Waals surface area contributed by atoms with Crippen molar-refractivity contribution in [1.29, 1.82) is 0 Å². The van der Waals surface area contributed by atoms with E-state index in [0.717, 1.165) is 39.2 Å². The predicted molar refractivity (Wildman–Crippen MR) is 155 cm³/mol. The number of amides is 2. The molecule has 0 spiro atoms. The van der Waals surface area contributed by atoms with Crippen LogP contribution in [0, 0.1) is 13.8 Å². The van der Waals surface area contributed by atoms with Gasteiger partial charge < -0.3 is 5.32 Å². The maximum Gasteiger partial charge on any atom is 0.240 e. The van der Waals surface area contributed by atoms with Crippen LogP contribution in [0.5, 0.6) is 0 Å². The van der Waals surface area contributed by atoms with Gasteiger partial charge in [0.2, 0.25) is 11.8 Å². The van der Waals surface area contributed by atoms with Gasteiger partial charge in [-0.1, -0.05) is 72.3 Å². The number of aryl methyl sites for hydroxylation is 2. The number of carbonyl (C=O) groups is 2. The van der Waals surface area contributed by atoms with Crippen molar-refractivity contribution in [1.82, 2.24) is 15.1 Å². The van der Waals surface area contributed by atoms with E-state index in [0.29, 0.717) is 5.82 Å². The number of aromatic nitrogens is 2. The highest BCUT2D eigenvalue weighted by Crippen LogP contribution is 2.48. The van der Waals surface area contributed by atoms with Crippen LogP contribution in [0.1, 0.15) is 41.4 Å². The number of hydrogen-bond donors (Lipinski definition) is 1. The molecular weight excluding hydrogens is 492 g/mol. The highest BCUT2D eigenvalue weighted by atomic mass is 32.2. The minimum atomic E-state index is -0.198. The Balaban J connectivity index is 1.81. The molecule has 0 aliphatic carbocycles. The molecule has 0 bridgehead atoms. The quantitative estimate of drug-likeness (QED) is 0.344. The van der Waals surface area contributed by atoms with E-state index in [1.807, 2.05) is 74.0 Å². The van der Waals surface area contributed by atoms with E-state index < -0.39 is 0 Å². The summed E-state index contributed by atoms with van der Waals surface area (Å²) in [6.45, 7) is 7.88. The third kappa shape index (κ3) is 5.24. The van der Waals surface area contributed by atoms with E-state index in [2.05, 4.69) is 42.6 Å². The first-order valence-corrected chi connectivity index (χ1v) is 13.9. The molecule has 7 heteroatoms. The number of nitrogens with zero attached hydrogens (tertiary/aromatic N) is 3. The van der Waals surface area contributed by atoms with Crippen LogP contribution >= 0.6 is 11.8 Å². The van der Waals surface area contributed by atoms with Gasteiger partial charge in [0.1, 0.15) is 12.4 Å². The largest absolute Gasteiger partial charge is 0.352 e. The van der Waals surface area contributed by atoms with Crippen molar-refractivity contribution in [2.75, 3.05) is 17.2 Å². The molecule has 0 saturated carbocycles. The summed E-state index contributed by atoms with van der Waals surface area (Å²) in [7, 11) is 0. The van der Waals surface area contributed by atoms with E-state index in [-0.39, 0.29) is 35.4 Å². The first-order valence-electron chi connectivity index (χ1n) is 12.8. The molecule has 4 aromatic rings. The zero-order valence-corrected chi connectivity index (χ0v) is 23.0. The number of benzene rings is 3. The first kappa shape index (κ1) is 25.8. The van der Waals surface area contributed by atoms with Crippen LogP contribution in [0.2, 0.25) is 0 Å². The topological polar surface area (TPSA) is 67.2 Å². The number of fused-ring (bicyclic) bond motifs is 1. The predicted octanol–water partition coefficient (Wildman–Crippen LogP) is 5.85. The molecule has 2 heterocycles. The fraction of sp³-hybridized carbons (Fsp3) is 0.258. The van der Waals surface area contributed by atoms with Gasteiger partial charge in [0.25, 0.3) is 0 Å². The van der Waals surface area contributed by atoms with Crippen LogP contribution in [0.15, 0.2) is 78.9 Å². The zero-order chi connectivity index (χ0) is 26.8. The van der Waals surface area contributed by atoms with E-state index in [1.54, 1.807) is 16.7 Å². The van der Waals surface area contributed by atoms with Gasteiger partial charge in [0, 0.05) is 17.2 Å². The monoisotopic (exact) mass is 524 g/mol. The second kappa shape index (κ2) is 10.9. The van der Waals surface area contributed by atoms with Crippen LogP contribution in [-0.2, 0) is 9.59 Å². The van der Waals surface area contributed by atoms with Crippen LogP contribution in [0.25, 0.3) is 16.9 Å². The molecule has 194 valence electrons. The molecule has 1 atom stereocenters. The number of nitrogens with one attached hydrogen (secondary N) is 1. The highest BCUT2D eigenvalue weighted by molar-refractivity contribution is 8.00. The minimum Gasteiger partial charge on any atom is -0.352 e. The molecule has 0 fully saturated rings. The number of hydrogen-bond acceptors (Lipinski definition) is 4. The summed E-state index contributed by atoms with van der Waals surface area (Å²) >= 11 is 1.59. The summed E-state index contributed by atoms with van der Waals surface area (Å²) in [5.74, 6) is 0.592. The molecule has 0 radical (unpaired) electrons. The van der Waals surface area contributed by atoms with E-state index in [4.69, 9.17) is 5.10 Å². The molecule has 0 saturated heterocycles. The van der Waals surface area contributed by atoms with Gasteiger partial charge in [0.15, 0.2) is 0 Å². The van der Waals surface area contributed by atoms with Gasteiger partial charge in [-0.2, -0.15) is 5.10 Å². The van der Waals surface area contributed by atoms with Crippen molar-refractivity contribution in [3.05, 3.63) is 101 Å². The lowest BCUT2D eigenvalue weighted by Crippen LogP contribution is -2.44. The van der Waals surface area contributed by atoms with Crippen molar-refractivity contribution in [3.63, 3.8) is 0 Å². The standard InChI is InChI=1S/C31H32N4O2S/c1-20(2)32-26(36)18-34-27(37)19-38-30(24-14-8-10-21(3)16-24)28-29(23-12-6-5-7-13-23)33-35(31(28)34)25-15-9-11-22(4)17-25/h5-17,20,30H,18-19H2,1-4H3,(H,32,36)/t30-/m0/s1. The van der Waals surface area contributed by atoms with Gasteiger partial charge in [-0.25, -0.2) is 4.68 Å². The summed E-state index contributed by atoms with van der Waals surface area (Å²) in [5.41, 5.74) is 6.91. The molecule has 1 aliphatic rings. The smallest absolute Gasteiger partial charge is 0.240 e. The SMILES string of the molecule is Cc1cccc([C@@H]2SCC(=O)N(CC(=O)NC(C)C)c3c2c(-c2ccccc2)nn3-c2cccc(C)c2)c1. The van der Waals surface area contributed by atoms with Gasteiger partial charge >= 0.3 is 0 Å². The number of anilines is 1. The molecular formula is C31H32N4O2S. The van der Waals surface area contributed by atoms with Gasteiger partial charge in [-0.3, -0.25) is 14.5 Å². The Morgan fingerprint density at radius 1 is 1.00 bits per heavy atom. The maximum absolute atomic E-state index is 13.7. The molecule has 6 nitrogen and oxygen atoms in total. The van der Waals surface area contributed by atoms with Crippen LogP contribution in [-0.4, -0.2) is 39.9 Å². The molecule has 1 aromatic heterocycles. The van der Waals surface area contributed by atoms with E-state index in [9.17, 15) is 9.59 Å². The Morgan fingerprint density at radius 3 is 2.39 bits per heavy atom. The average molecular weight is 525 g/mol. The lowest BCUT2D eigenvalue weighted by atomic mass is 9.98. The molecule has 38 heavy (non-hydrogen) atoms. The normalized spacial score (nSPS) is 15.3. The van der Waals surface area contributed by atoms with Crippen molar-refractivity contribution in [2.45, 2.75) is 39.0 Å². The lowest BCUT2D eigenvalue weighted by Gasteiger charge is -2.24. The van der Waals surface area contributed by atoms with Crippen molar-refractivity contribution in [3.8, 4) is 16.9 Å². The zero-order valence-electron chi connectivity index (χ0n) is 22.1. The Kier molecular flexibility index (Phi) is 7.38. The highest BCUT2D eigenvalue weighted by Gasteiger charge is 2.37. The van der Waals surface area contributed by atoms with Crippen molar-refractivity contribution >= 4 is 29.4 Å². The van der Waals surface area contributed by atoms with Gasteiger partial charge in [0.05, 0.1) is 22.4 Å². The average Bonchev–Trinajstić information content (AvgIpc) is 3.21. The van der Waals surface area contributed by atoms with Crippen LogP contribution < -0.4 is 10.2 Å². The fourth-order valence-electron chi connectivity index (χ4n) is 4.88. The number of carbonyl (C=O) groups excluding carboxylic acids is 2. The molecule has 5 rings (SSSR count). The molecule has 3 aromatic carbocycles. The van der Waals surface area contributed by atoms with Crippen LogP contribution in [0.3, 0.4) is 0 Å². The lowest BCUT2D eigenvalue weighted by molar-refractivity contribution is -0.123. The third-order valence-corrected chi connectivity index (χ3v) is 7.73. The third-order valence-electron chi connectivity index (χ3n) is 6.48. The Labute approximate surface area is 228 Å². The fourth-order valence-corrected chi connectivity index (χ4v) is 6.06. The summed E-state index contributed by atoms with van der Waals surface area (Å²) in [6, 6.07) is 26.5. The number of thioether (sulfide) groups is 1. The van der Waals surface area contributed by atoms with Crippen molar-refractivity contribution < 1.29 is 9.59 Å². The minimum absolute atomic E-state index is 0.0277. The maximum atomic E-state index is 13.7. The van der Waals surface area contributed by atoms with Gasteiger partial charge in [-0.15, -0.1) is 11.8 Å². The summed E-state index contributed by atoms with van der Waals surface area (Å²) < 4.78 is 1.85.